The monoisotopic (exact) mass is 318 g/mol. The van der Waals surface area contributed by atoms with Crippen molar-refractivity contribution in [2.24, 2.45) is 0 Å². The second-order valence-electron chi connectivity index (χ2n) is 3.95. The molecule has 0 fully saturated rings. The standard InChI is InChI=1S/C12H16BrClN2O/c1-16(2)12(17)4-3-7-15-9-5-6-10(13)11(14)8-9/h5-6,8,15H,3-4,7H2,1-2H3. The summed E-state index contributed by atoms with van der Waals surface area (Å²) in [5.74, 6) is 0.153. The summed E-state index contributed by atoms with van der Waals surface area (Å²) in [6, 6.07) is 5.71. The van der Waals surface area contributed by atoms with Crippen molar-refractivity contribution < 1.29 is 4.79 Å². The Balaban J connectivity index is 2.31. The van der Waals surface area contributed by atoms with Gasteiger partial charge >= 0.3 is 0 Å². The van der Waals surface area contributed by atoms with Crippen LogP contribution in [0.2, 0.25) is 5.02 Å². The van der Waals surface area contributed by atoms with Gasteiger partial charge in [-0.3, -0.25) is 4.79 Å². The number of hydrogen-bond donors (Lipinski definition) is 1. The number of nitrogens with zero attached hydrogens (tertiary/aromatic N) is 1. The fourth-order valence-corrected chi connectivity index (χ4v) is 1.73. The van der Waals surface area contributed by atoms with E-state index in [-0.39, 0.29) is 5.91 Å². The van der Waals surface area contributed by atoms with E-state index in [4.69, 9.17) is 11.6 Å². The summed E-state index contributed by atoms with van der Waals surface area (Å²) in [4.78, 5) is 12.9. The van der Waals surface area contributed by atoms with Gasteiger partial charge in [-0.2, -0.15) is 0 Å². The summed E-state index contributed by atoms with van der Waals surface area (Å²) in [5.41, 5.74) is 0.968. The van der Waals surface area contributed by atoms with Gasteiger partial charge in [0.25, 0.3) is 0 Å². The molecule has 1 rings (SSSR count). The molecule has 0 atom stereocenters. The Bertz CT molecular complexity index is 396. The van der Waals surface area contributed by atoms with E-state index in [9.17, 15) is 4.79 Å². The second kappa shape index (κ2) is 6.87. The Morgan fingerprint density at radius 3 is 2.76 bits per heavy atom. The van der Waals surface area contributed by atoms with Crippen LogP contribution >= 0.6 is 27.5 Å². The quantitative estimate of drug-likeness (QED) is 0.844. The minimum Gasteiger partial charge on any atom is -0.385 e. The largest absolute Gasteiger partial charge is 0.385 e. The van der Waals surface area contributed by atoms with E-state index in [0.717, 1.165) is 23.1 Å². The minimum atomic E-state index is 0.153. The van der Waals surface area contributed by atoms with Crippen molar-refractivity contribution in [3.63, 3.8) is 0 Å². The van der Waals surface area contributed by atoms with E-state index in [1.165, 1.54) is 0 Å². The number of nitrogens with one attached hydrogen (secondary N) is 1. The van der Waals surface area contributed by atoms with Crippen molar-refractivity contribution >= 4 is 39.1 Å². The lowest BCUT2D eigenvalue weighted by atomic mass is 10.2. The Labute approximate surface area is 115 Å². The molecule has 1 amide bonds. The molecule has 3 nitrogen and oxygen atoms in total. The highest BCUT2D eigenvalue weighted by Gasteiger charge is 2.03. The maximum Gasteiger partial charge on any atom is 0.222 e. The van der Waals surface area contributed by atoms with Crippen molar-refractivity contribution in [2.75, 3.05) is 26.0 Å². The zero-order valence-electron chi connectivity index (χ0n) is 9.96. The summed E-state index contributed by atoms with van der Waals surface area (Å²) < 4.78 is 0.882. The molecule has 17 heavy (non-hydrogen) atoms. The normalized spacial score (nSPS) is 10.1. The molecular weight excluding hydrogens is 304 g/mol. The van der Waals surface area contributed by atoms with Crippen molar-refractivity contribution in [3.8, 4) is 0 Å². The zero-order chi connectivity index (χ0) is 12.8. The SMILES string of the molecule is CN(C)C(=O)CCCNc1ccc(Br)c(Cl)c1. The second-order valence-corrected chi connectivity index (χ2v) is 5.21. The van der Waals surface area contributed by atoms with Crippen LogP contribution in [0.15, 0.2) is 22.7 Å². The number of anilines is 1. The van der Waals surface area contributed by atoms with Crippen LogP contribution in [0.4, 0.5) is 5.69 Å². The third-order valence-corrected chi connectivity index (χ3v) is 3.55. The van der Waals surface area contributed by atoms with Crippen LogP contribution in [0.5, 0.6) is 0 Å². The summed E-state index contributed by atoms with van der Waals surface area (Å²) >= 11 is 9.31. The summed E-state index contributed by atoms with van der Waals surface area (Å²) in [7, 11) is 3.54. The highest BCUT2D eigenvalue weighted by atomic mass is 79.9. The molecule has 1 aromatic carbocycles. The van der Waals surface area contributed by atoms with Crippen molar-refractivity contribution in [3.05, 3.63) is 27.7 Å². The predicted octanol–water partition coefficient (Wildman–Crippen LogP) is 3.38. The number of halogens is 2. The Morgan fingerprint density at radius 1 is 1.47 bits per heavy atom. The highest BCUT2D eigenvalue weighted by molar-refractivity contribution is 9.10. The van der Waals surface area contributed by atoms with Gasteiger partial charge in [0.1, 0.15) is 0 Å². The highest BCUT2D eigenvalue weighted by Crippen LogP contribution is 2.25. The number of carbonyl (C=O) groups excluding carboxylic acids is 1. The van der Waals surface area contributed by atoms with Crippen LogP contribution in [0.1, 0.15) is 12.8 Å². The van der Waals surface area contributed by atoms with Crippen LogP contribution in [0.3, 0.4) is 0 Å². The fraction of sp³-hybridized carbons (Fsp3) is 0.417. The van der Waals surface area contributed by atoms with Gasteiger partial charge in [0.05, 0.1) is 5.02 Å². The summed E-state index contributed by atoms with van der Waals surface area (Å²) in [6.07, 6.45) is 1.37. The lowest BCUT2D eigenvalue weighted by Gasteiger charge is -2.11. The summed E-state index contributed by atoms with van der Waals surface area (Å²) in [5, 5.41) is 3.91. The van der Waals surface area contributed by atoms with E-state index in [1.807, 2.05) is 18.2 Å². The van der Waals surface area contributed by atoms with E-state index in [2.05, 4.69) is 21.2 Å². The molecule has 0 unspecified atom stereocenters. The van der Waals surface area contributed by atoms with Gasteiger partial charge in [0, 0.05) is 37.2 Å². The first-order valence-electron chi connectivity index (χ1n) is 5.40. The number of hydrogen-bond acceptors (Lipinski definition) is 2. The third kappa shape index (κ3) is 4.96. The molecule has 0 aliphatic carbocycles. The Kier molecular flexibility index (Phi) is 5.78. The molecule has 0 aliphatic heterocycles. The van der Waals surface area contributed by atoms with Gasteiger partial charge in [-0.15, -0.1) is 0 Å². The zero-order valence-corrected chi connectivity index (χ0v) is 12.3. The van der Waals surface area contributed by atoms with Gasteiger partial charge in [-0.25, -0.2) is 0 Å². The lowest BCUT2D eigenvalue weighted by Crippen LogP contribution is -2.22. The molecule has 0 spiro atoms. The molecule has 0 aliphatic rings. The predicted molar refractivity (Wildman–Crippen MR) is 75.6 cm³/mol. The smallest absolute Gasteiger partial charge is 0.222 e. The first-order valence-corrected chi connectivity index (χ1v) is 6.57. The molecule has 0 saturated carbocycles. The van der Waals surface area contributed by atoms with Crippen molar-refractivity contribution in [1.29, 1.82) is 0 Å². The maximum atomic E-state index is 11.3. The van der Waals surface area contributed by atoms with E-state index < -0.39 is 0 Å². The number of benzene rings is 1. The molecule has 0 bridgehead atoms. The van der Waals surface area contributed by atoms with Crippen LogP contribution in [0.25, 0.3) is 0 Å². The topological polar surface area (TPSA) is 32.3 Å². The molecular formula is C12H16BrClN2O. The summed E-state index contributed by atoms with van der Waals surface area (Å²) in [6.45, 7) is 0.761. The molecule has 0 aromatic heterocycles. The molecule has 0 saturated heterocycles. The third-order valence-electron chi connectivity index (χ3n) is 2.31. The van der Waals surface area contributed by atoms with E-state index >= 15 is 0 Å². The first kappa shape index (κ1) is 14.3. The Hall–Kier alpha value is -0.740. The number of rotatable bonds is 5. The molecule has 0 heterocycles. The fourth-order valence-electron chi connectivity index (χ4n) is 1.30. The van der Waals surface area contributed by atoms with Crippen molar-refractivity contribution in [1.82, 2.24) is 4.90 Å². The van der Waals surface area contributed by atoms with Crippen LogP contribution < -0.4 is 5.32 Å². The molecule has 0 radical (unpaired) electrons. The van der Waals surface area contributed by atoms with Crippen LogP contribution in [0, 0.1) is 0 Å². The number of amides is 1. The maximum absolute atomic E-state index is 11.3. The van der Waals surface area contributed by atoms with Gasteiger partial charge in [-0.1, -0.05) is 11.6 Å². The number of carbonyl (C=O) groups is 1. The van der Waals surface area contributed by atoms with Gasteiger partial charge in [0.15, 0.2) is 0 Å². The van der Waals surface area contributed by atoms with Crippen LogP contribution in [-0.2, 0) is 4.79 Å². The Morgan fingerprint density at radius 2 is 2.18 bits per heavy atom. The van der Waals surface area contributed by atoms with Gasteiger partial charge in [0.2, 0.25) is 5.91 Å². The average molecular weight is 320 g/mol. The molecule has 5 heteroatoms. The minimum absolute atomic E-state index is 0.153. The van der Waals surface area contributed by atoms with Crippen LogP contribution in [-0.4, -0.2) is 31.4 Å². The molecule has 1 N–H and O–H groups in total. The first-order chi connectivity index (χ1) is 8.00. The average Bonchev–Trinajstić information content (AvgIpc) is 2.28. The van der Waals surface area contributed by atoms with E-state index in [1.54, 1.807) is 19.0 Å². The lowest BCUT2D eigenvalue weighted by molar-refractivity contribution is -0.128. The molecule has 1 aromatic rings. The van der Waals surface area contributed by atoms with E-state index in [0.29, 0.717) is 11.4 Å². The van der Waals surface area contributed by atoms with Gasteiger partial charge in [-0.05, 0) is 40.5 Å². The molecule has 94 valence electrons. The van der Waals surface area contributed by atoms with Gasteiger partial charge < -0.3 is 10.2 Å². The van der Waals surface area contributed by atoms with Crippen molar-refractivity contribution in [2.45, 2.75) is 12.8 Å².